The van der Waals surface area contributed by atoms with E-state index >= 15 is 0 Å². The molecule has 0 radical (unpaired) electrons. The molecule has 2 aromatic heterocycles. The molecule has 7 nitrogen and oxygen atoms in total. The van der Waals surface area contributed by atoms with Crippen LogP contribution < -0.4 is 10.5 Å². The number of hydrogen-bond acceptors (Lipinski definition) is 7. The van der Waals surface area contributed by atoms with Crippen LogP contribution in [0.4, 0.5) is 5.82 Å². The van der Waals surface area contributed by atoms with Crippen LogP contribution in [0.15, 0.2) is 41.8 Å². The number of hydrogen-bond donors (Lipinski definition) is 2. The third-order valence-electron chi connectivity index (χ3n) is 4.66. The number of thioether (sulfide) groups is 1. The van der Waals surface area contributed by atoms with Crippen molar-refractivity contribution in [2.24, 2.45) is 5.92 Å². The summed E-state index contributed by atoms with van der Waals surface area (Å²) in [5.41, 5.74) is 8.75. The summed E-state index contributed by atoms with van der Waals surface area (Å²) in [6, 6.07) is 11.7. The molecular formula is C21H18N6OS. The summed E-state index contributed by atoms with van der Waals surface area (Å²) in [5, 5.41) is 20.0. The zero-order valence-electron chi connectivity index (χ0n) is 15.6. The van der Waals surface area contributed by atoms with E-state index < -0.39 is 0 Å². The van der Waals surface area contributed by atoms with Crippen molar-refractivity contribution < 1.29 is 4.74 Å². The molecule has 0 aliphatic heterocycles. The first-order chi connectivity index (χ1) is 14.2. The highest BCUT2D eigenvalue weighted by Gasteiger charge is 2.23. The number of nitrogens with zero attached hydrogens (tertiary/aromatic N) is 4. The molecule has 1 fully saturated rings. The molecule has 2 heterocycles. The molecule has 0 saturated heterocycles. The van der Waals surface area contributed by atoms with Gasteiger partial charge >= 0.3 is 0 Å². The smallest absolute Gasteiger partial charge is 0.143 e. The maximum atomic E-state index is 9.84. The Hall–Kier alpha value is -3.49. The predicted octanol–water partition coefficient (Wildman–Crippen LogP) is 3.88. The van der Waals surface area contributed by atoms with Crippen LogP contribution in [0.3, 0.4) is 0 Å². The highest BCUT2D eigenvalue weighted by molar-refractivity contribution is 7.98. The minimum atomic E-state index is 0.114. The van der Waals surface area contributed by atoms with Gasteiger partial charge in [0.25, 0.3) is 0 Å². The number of aromatic nitrogens is 3. The van der Waals surface area contributed by atoms with Gasteiger partial charge in [-0.25, -0.2) is 9.97 Å². The molecular weight excluding hydrogens is 384 g/mol. The van der Waals surface area contributed by atoms with E-state index in [9.17, 15) is 10.5 Å². The predicted molar refractivity (Wildman–Crippen MR) is 110 cm³/mol. The van der Waals surface area contributed by atoms with Gasteiger partial charge in [-0.05, 0) is 36.5 Å². The molecule has 4 rings (SSSR count). The van der Waals surface area contributed by atoms with Crippen molar-refractivity contribution in [3.05, 3.63) is 53.6 Å². The second kappa shape index (κ2) is 8.26. The second-order valence-corrected chi connectivity index (χ2v) is 7.76. The Morgan fingerprint density at radius 3 is 2.55 bits per heavy atom. The van der Waals surface area contributed by atoms with Crippen molar-refractivity contribution in [2.75, 3.05) is 12.3 Å². The molecule has 1 aliphatic carbocycles. The van der Waals surface area contributed by atoms with Crippen molar-refractivity contribution in [1.82, 2.24) is 15.0 Å². The Balaban J connectivity index is 1.68. The van der Waals surface area contributed by atoms with E-state index in [-0.39, 0.29) is 11.4 Å². The fourth-order valence-corrected chi connectivity index (χ4v) is 3.82. The first kappa shape index (κ1) is 18.9. The largest absolute Gasteiger partial charge is 0.493 e. The minimum Gasteiger partial charge on any atom is -0.493 e. The van der Waals surface area contributed by atoms with E-state index in [1.54, 1.807) is 12.5 Å². The summed E-state index contributed by atoms with van der Waals surface area (Å²) in [5.74, 6) is 2.11. The number of imidazole rings is 1. The molecule has 29 heavy (non-hydrogen) atoms. The van der Waals surface area contributed by atoms with Crippen molar-refractivity contribution >= 4 is 17.6 Å². The Labute approximate surface area is 172 Å². The highest BCUT2D eigenvalue weighted by atomic mass is 32.2. The molecule has 1 aromatic carbocycles. The third-order valence-corrected chi connectivity index (χ3v) is 5.68. The molecule has 0 unspecified atom stereocenters. The molecule has 0 spiro atoms. The lowest BCUT2D eigenvalue weighted by atomic mass is 9.97. The summed E-state index contributed by atoms with van der Waals surface area (Å²) in [4.78, 5) is 11.3. The van der Waals surface area contributed by atoms with Crippen LogP contribution in [0.25, 0.3) is 11.1 Å². The lowest BCUT2D eigenvalue weighted by Gasteiger charge is -2.13. The van der Waals surface area contributed by atoms with Crippen LogP contribution in [-0.2, 0) is 5.75 Å². The number of benzene rings is 1. The Kier molecular flexibility index (Phi) is 5.37. The zero-order valence-corrected chi connectivity index (χ0v) is 16.4. The average Bonchev–Trinajstić information content (AvgIpc) is 3.43. The topological polar surface area (TPSA) is 124 Å². The number of anilines is 1. The van der Waals surface area contributed by atoms with Crippen molar-refractivity contribution in [3.63, 3.8) is 0 Å². The van der Waals surface area contributed by atoms with Crippen molar-refractivity contribution in [1.29, 1.82) is 10.5 Å². The fraction of sp³-hybridized carbons (Fsp3) is 0.238. The van der Waals surface area contributed by atoms with Gasteiger partial charge in [0.2, 0.25) is 0 Å². The van der Waals surface area contributed by atoms with E-state index in [4.69, 9.17) is 10.5 Å². The minimum absolute atomic E-state index is 0.114. The fourth-order valence-electron chi connectivity index (χ4n) is 2.92. The highest BCUT2D eigenvalue weighted by Crippen LogP contribution is 2.37. The summed E-state index contributed by atoms with van der Waals surface area (Å²) in [7, 11) is 0. The van der Waals surface area contributed by atoms with Crippen LogP contribution >= 0.6 is 11.8 Å². The van der Waals surface area contributed by atoms with Crippen LogP contribution in [-0.4, -0.2) is 21.6 Å². The van der Waals surface area contributed by atoms with Gasteiger partial charge in [-0.3, -0.25) is 0 Å². The Morgan fingerprint density at radius 2 is 1.93 bits per heavy atom. The molecule has 0 amide bonds. The number of nitrogen functional groups attached to an aromatic ring is 1. The number of H-pyrrole nitrogens is 1. The van der Waals surface area contributed by atoms with Crippen LogP contribution in [0.1, 0.15) is 29.7 Å². The van der Waals surface area contributed by atoms with Gasteiger partial charge in [-0.15, -0.1) is 0 Å². The standard InChI is InChI=1S/C21H18N6OS/c22-7-17-19(14-3-5-16(6-4-14)28-10-13-1-2-13)18(8-23)21(27-20(17)24)29-11-15-9-25-12-26-15/h3-6,9,12-13H,1-2,10-11H2,(H2,24,27)(H,25,26). The zero-order chi connectivity index (χ0) is 20.2. The normalized spacial score (nSPS) is 12.9. The van der Waals surface area contributed by atoms with E-state index in [2.05, 4.69) is 27.1 Å². The Bertz CT molecular complexity index is 1090. The van der Waals surface area contributed by atoms with Gasteiger partial charge in [-0.1, -0.05) is 23.9 Å². The molecule has 8 heteroatoms. The van der Waals surface area contributed by atoms with Crippen molar-refractivity contribution in [3.8, 4) is 29.0 Å². The maximum Gasteiger partial charge on any atom is 0.143 e. The van der Waals surface area contributed by atoms with Crippen molar-refractivity contribution in [2.45, 2.75) is 23.6 Å². The number of pyridine rings is 1. The summed E-state index contributed by atoms with van der Waals surface area (Å²) in [6.45, 7) is 0.725. The number of nitrogens with one attached hydrogen (secondary N) is 1. The molecule has 144 valence electrons. The van der Waals surface area contributed by atoms with E-state index in [1.807, 2.05) is 24.3 Å². The second-order valence-electron chi connectivity index (χ2n) is 6.80. The van der Waals surface area contributed by atoms with E-state index in [0.717, 1.165) is 23.6 Å². The van der Waals surface area contributed by atoms with Crippen LogP contribution in [0, 0.1) is 28.6 Å². The number of nitrogens with two attached hydrogens (primary N) is 1. The van der Waals surface area contributed by atoms with Gasteiger partial charge in [0.1, 0.15) is 34.3 Å². The third kappa shape index (κ3) is 4.18. The lowest BCUT2D eigenvalue weighted by molar-refractivity contribution is 0.300. The maximum absolute atomic E-state index is 9.84. The summed E-state index contributed by atoms with van der Waals surface area (Å²) >= 11 is 1.37. The molecule has 3 N–H and O–H groups in total. The lowest BCUT2D eigenvalue weighted by Crippen LogP contribution is -2.03. The monoisotopic (exact) mass is 402 g/mol. The number of nitriles is 2. The van der Waals surface area contributed by atoms with Gasteiger partial charge < -0.3 is 15.5 Å². The van der Waals surface area contributed by atoms with Gasteiger partial charge in [-0.2, -0.15) is 10.5 Å². The molecule has 3 aromatic rings. The molecule has 1 aliphatic rings. The molecule has 0 atom stereocenters. The summed E-state index contributed by atoms with van der Waals surface area (Å²) < 4.78 is 5.78. The van der Waals surface area contributed by atoms with Gasteiger partial charge in [0.05, 0.1) is 18.5 Å². The number of rotatable bonds is 7. The quantitative estimate of drug-likeness (QED) is 0.575. The first-order valence-corrected chi connectivity index (χ1v) is 10.1. The van der Waals surface area contributed by atoms with Gasteiger partial charge in [0, 0.05) is 23.2 Å². The summed E-state index contributed by atoms with van der Waals surface area (Å²) in [6.07, 6.45) is 5.77. The van der Waals surface area contributed by atoms with Gasteiger partial charge in [0.15, 0.2) is 0 Å². The number of ether oxygens (including phenoxy) is 1. The van der Waals surface area contributed by atoms with Crippen LogP contribution in [0.5, 0.6) is 5.75 Å². The molecule has 1 saturated carbocycles. The van der Waals surface area contributed by atoms with E-state index in [1.165, 1.54) is 24.6 Å². The number of aromatic amines is 1. The molecule has 0 bridgehead atoms. The average molecular weight is 402 g/mol. The van der Waals surface area contributed by atoms with E-state index in [0.29, 0.717) is 27.8 Å². The first-order valence-electron chi connectivity index (χ1n) is 9.16. The van der Waals surface area contributed by atoms with Crippen LogP contribution in [0.2, 0.25) is 0 Å². The Morgan fingerprint density at radius 1 is 1.17 bits per heavy atom. The SMILES string of the molecule is N#Cc1c(N)nc(SCc2cnc[nH]2)c(C#N)c1-c1ccc(OCC2CC2)cc1.